The third-order valence-corrected chi connectivity index (χ3v) is 2.57. The number of hydrogen-bond acceptors (Lipinski definition) is 5. The Labute approximate surface area is 105 Å². The van der Waals surface area contributed by atoms with Gasteiger partial charge in [-0.2, -0.15) is 0 Å². The minimum atomic E-state index is 0.0786. The number of nitrogens with two attached hydrogens (primary N) is 1. The molecule has 6 heteroatoms. The molecular formula is C12H16N2O4. The van der Waals surface area contributed by atoms with Gasteiger partial charge in [0, 0.05) is 5.56 Å². The number of amidine groups is 1. The van der Waals surface area contributed by atoms with E-state index in [1.54, 1.807) is 24.3 Å². The van der Waals surface area contributed by atoms with Crippen molar-refractivity contribution in [1.29, 1.82) is 0 Å². The SMILES string of the molecule is N/C(=N/O)c1ccc(OCCOC2COC2)cc1. The lowest BCUT2D eigenvalue weighted by Crippen LogP contribution is -2.37. The van der Waals surface area contributed by atoms with E-state index >= 15 is 0 Å². The number of ether oxygens (including phenoxy) is 3. The van der Waals surface area contributed by atoms with Crippen LogP contribution in [0.2, 0.25) is 0 Å². The molecule has 0 spiro atoms. The zero-order valence-corrected chi connectivity index (χ0v) is 9.91. The van der Waals surface area contributed by atoms with E-state index in [1.165, 1.54) is 0 Å². The highest BCUT2D eigenvalue weighted by Gasteiger charge is 2.18. The second kappa shape index (κ2) is 6.23. The highest BCUT2D eigenvalue weighted by atomic mass is 16.6. The summed E-state index contributed by atoms with van der Waals surface area (Å²) in [6, 6.07) is 6.98. The Morgan fingerprint density at radius 1 is 1.33 bits per heavy atom. The monoisotopic (exact) mass is 252 g/mol. The van der Waals surface area contributed by atoms with Gasteiger partial charge in [0.05, 0.1) is 19.8 Å². The van der Waals surface area contributed by atoms with Gasteiger partial charge in [0.2, 0.25) is 0 Å². The van der Waals surface area contributed by atoms with E-state index in [1.807, 2.05) is 0 Å². The number of hydrogen-bond donors (Lipinski definition) is 2. The predicted octanol–water partition coefficient (Wildman–Crippen LogP) is 0.575. The van der Waals surface area contributed by atoms with Gasteiger partial charge in [0.15, 0.2) is 5.84 Å². The van der Waals surface area contributed by atoms with Crippen LogP contribution in [-0.2, 0) is 9.47 Å². The number of rotatable bonds is 6. The van der Waals surface area contributed by atoms with E-state index in [0.29, 0.717) is 32.0 Å². The summed E-state index contributed by atoms with van der Waals surface area (Å²) in [5, 5.41) is 11.4. The second-order valence-corrected chi connectivity index (χ2v) is 3.89. The molecule has 0 radical (unpaired) electrons. The summed E-state index contributed by atoms with van der Waals surface area (Å²) in [6.07, 6.45) is 0.219. The maximum atomic E-state index is 8.52. The summed E-state index contributed by atoms with van der Waals surface area (Å²) in [5.41, 5.74) is 6.09. The van der Waals surface area contributed by atoms with Crippen LogP contribution in [0.5, 0.6) is 5.75 Å². The largest absolute Gasteiger partial charge is 0.491 e. The van der Waals surface area contributed by atoms with E-state index in [-0.39, 0.29) is 11.9 Å². The van der Waals surface area contributed by atoms with Crippen LogP contribution in [0.3, 0.4) is 0 Å². The van der Waals surface area contributed by atoms with Crippen molar-refractivity contribution in [3.05, 3.63) is 29.8 Å². The van der Waals surface area contributed by atoms with Gasteiger partial charge in [-0.25, -0.2) is 0 Å². The Balaban J connectivity index is 1.72. The summed E-state index contributed by atoms with van der Waals surface area (Å²) in [5.74, 6) is 0.799. The average molecular weight is 252 g/mol. The summed E-state index contributed by atoms with van der Waals surface area (Å²) in [4.78, 5) is 0. The molecule has 1 aliphatic rings. The maximum absolute atomic E-state index is 8.52. The van der Waals surface area contributed by atoms with Gasteiger partial charge in [-0.05, 0) is 24.3 Å². The second-order valence-electron chi connectivity index (χ2n) is 3.89. The van der Waals surface area contributed by atoms with E-state index < -0.39 is 0 Å². The molecular weight excluding hydrogens is 236 g/mol. The van der Waals surface area contributed by atoms with E-state index in [4.69, 9.17) is 25.2 Å². The van der Waals surface area contributed by atoms with Gasteiger partial charge in [-0.1, -0.05) is 5.16 Å². The first-order valence-corrected chi connectivity index (χ1v) is 5.69. The molecule has 0 amide bonds. The molecule has 1 heterocycles. The molecule has 3 N–H and O–H groups in total. The summed E-state index contributed by atoms with van der Waals surface area (Å²) in [6.45, 7) is 2.37. The Hall–Kier alpha value is -1.79. The smallest absolute Gasteiger partial charge is 0.170 e. The van der Waals surface area contributed by atoms with Crippen molar-refractivity contribution in [2.45, 2.75) is 6.10 Å². The molecule has 98 valence electrons. The number of oxime groups is 1. The lowest BCUT2D eigenvalue weighted by molar-refractivity contribution is -0.132. The van der Waals surface area contributed by atoms with Crippen molar-refractivity contribution in [3.8, 4) is 5.75 Å². The number of nitrogens with zero attached hydrogens (tertiary/aromatic N) is 1. The highest BCUT2D eigenvalue weighted by Crippen LogP contribution is 2.12. The van der Waals surface area contributed by atoms with Gasteiger partial charge in [0.1, 0.15) is 18.5 Å². The normalized spacial score (nSPS) is 16.3. The molecule has 0 saturated carbocycles. The third kappa shape index (κ3) is 3.35. The molecule has 0 unspecified atom stereocenters. The maximum Gasteiger partial charge on any atom is 0.170 e. The van der Waals surface area contributed by atoms with E-state index in [0.717, 1.165) is 5.75 Å². The van der Waals surface area contributed by atoms with Crippen molar-refractivity contribution in [1.82, 2.24) is 0 Å². The summed E-state index contributed by atoms with van der Waals surface area (Å²) < 4.78 is 15.9. The highest BCUT2D eigenvalue weighted by molar-refractivity contribution is 5.97. The first-order valence-electron chi connectivity index (χ1n) is 5.69. The Morgan fingerprint density at radius 3 is 2.61 bits per heavy atom. The Bertz CT molecular complexity index is 401. The van der Waals surface area contributed by atoms with Gasteiger partial charge < -0.3 is 25.2 Å². The number of benzene rings is 1. The predicted molar refractivity (Wildman–Crippen MR) is 65.0 cm³/mol. The van der Waals surface area contributed by atoms with Gasteiger partial charge in [-0.3, -0.25) is 0 Å². The standard InChI is InChI=1S/C12H16N2O4/c13-12(14-15)9-1-3-10(4-2-9)17-5-6-18-11-7-16-8-11/h1-4,11,15H,5-8H2,(H2,13,14). The van der Waals surface area contributed by atoms with Crippen molar-refractivity contribution >= 4 is 5.84 Å². The van der Waals surface area contributed by atoms with Crippen molar-refractivity contribution in [2.75, 3.05) is 26.4 Å². The van der Waals surface area contributed by atoms with Gasteiger partial charge >= 0.3 is 0 Å². The fourth-order valence-corrected chi connectivity index (χ4v) is 1.46. The third-order valence-electron chi connectivity index (χ3n) is 2.57. The van der Waals surface area contributed by atoms with Crippen LogP contribution in [0.4, 0.5) is 0 Å². The average Bonchev–Trinajstić information content (AvgIpc) is 2.36. The minimum Gasteiger partial charge on any atom is -0.491 e. The molecule has 1 aromatic carbocycles. The van der Waals surface area contributed by atoms with Crippen LogP contribution in [0.25, 0.3) is 0 Å². The molecule has 1 fully saturated rings. The van der Waals surface area contributed by atoms with Crippen LogP contribution in [-0.4, -0.2) is 43.6 Å². The van der Waals surface area contributed by atoms with Crippen molar-refractivity contribution < 1.29 is 19.4 Å². The molecule has 18 heavy (non-hydrogen) atoms. The van der Waals surface area contributed by atoms with Gasteiger partial charge in [0.25, 0.3) is 0 Å². The first kappa shape index (κ1) is 12.7. The quantitative estimate of drug-likeness (QED) is 0.254. The molecule has 0 atom stereocenters. The molecule has 6 nitrogen and oxygen atoms in total. The summed E-state index contributed by atoms with van der Waals surface area (Å²) >= 11 is 0. The lowest BCUT2D eigenvalue weighted by Gasteiger charge is -2.25. The zero-order valence-electron chi connectivity index (χ0n) is 9.91. The van der Waals surface area contributed by atoms with Crippen molar-refractivity contribution in [3.63, 3.8) is 0 Å². The van der Waals surface area contributed by atoms with Crippen LogP contribution in [0.1, 0.15) is 5.56 Å². The Kier molecular flexibility index (Phi) is 4.38. The van der Waals surface area contributed by atoms with Crippen LogP contribution < -0.4 is 10.5 Å². The van der Waals surface area contributed by atoms with Gasteiger partial charge in [-0.15, -0.1) is 0 Å². The van der Waals surface area contributed by atoms with Crippen LogP contribution in [0.15, 0.2) is 29.4 Å². The Morgan fingerprint density at radius 2 is 2.06 bits per heavy atom. The zero-order chi connectivity index (χ0) is 12.8. The molecule has 0 aromatic heterocycles. The van der Waals surface area contributed by atoms with Crippen LogP contribution >= 0.6 is 0 Å². The fourth-order valence-electron chi connectivity index (χ4n) is 1.46. The molecule has 1 saturated heterocycles. The lowest BCUT2D eigenvalue weighted by atomic mass is 10.2. The molecule has 0 bridgehead atoms. The minimum absolute atomic E-state index is 0.0786. The molecule has 0 aliphatic carbocycles. The molecule has 1 aromatic rings. The van der Waals surface area contributed by atoms with E-state index in [2.05, 4.69) is 5.16 Å². The first-order chi connectivity index (χ1) is 8.79. The van der Waals surface area contributed by atoms with E-state index in [9.17, 15) is 0 Å². The molecule has 1 aliphatic heterocycles. The van der Waals surface area contributed by atoms with Crippen LogP contribution in [0, 0.1) is 0 Å². The molecule has 2 rings (SSSR count). The summed E-state index contributed by atoms with van der Waals surface area (Å²) in [7, 11) is 0. The topological polar surface area (TPSA) is 86.3 Å². The fraction of sp³-hybridized carbons (Fsp3) is 0.417. The van der Waals surface area contributed by atoms with Crippen molar-refractivity contribution in [2.24, 2.45) is 10.9 Å².